The van der Waals surface area contributed by atoms with Gasteiger partial charge in [0.15, 0.2) is 5.82 Å². The van der Waals surface area contributed by atoms with E-state index in [-0.39, 0.29) is 11.6 Å². The molecule has 0 aliphatic carbocycles. The number of sulfonamides is 1. The second-order valence-electron chi connectivity index (χ2n) is 7.55. The van der Waals surface area contributed by atoms with Gasteiger partial charge in [-0.05, 0) is 61.9 Å². The third-order valence-electron chi connectivity index (χ3n) is 4.93. The summed E-state index contributed by atoms with van der Waals surface area (Å²) in [5.41, 5.74) is 1.29. The maximum atomic E-state index is 15.5. The average molecular weight is 472 g/mol. The van der Waals surface area contributed by atoms with Gasteiger partial charge in [0, 0.05) is 35.8 Å². The van der Waals surface area contributed by atoms with Crippen LogP contribution in [0.3, 0.4) is 0 Å². The molecule has 0 fully saturated rings. The van der Waals surface area contributed by atoms with Gasteiger partial charge in [0.05, 0.1) is 5.69 Å². The van der Waals surface area contributed by atoms with Crippen molar-refractivity contribution in [2.24, 2.45) is 0 Å². The van der Waals surface area contributed by atoms with E-state index in [9.17, 15) is 17.2 Å². The van der Waals surface area contributed by atoms with Crippen LogP contribution >= 0.6 is 0 Å². The lowest BCUT2D eigenvalue weighted by molar-refractivity contribution is 0.533. The predicted molar refractivity (Wildman–Crippen MR) is 118 cm³/mol. The normalized spacial score (nSPS) is 11.7. The second-order valence-corrected chi connectivity index (χ2v) is 9.20. The maximum Gasteiger partial charge on any atom is 0.265 e. The Hall–Kier alpha value is -3.66. The molecule has 0 aliphatic heterocycles. The highest BCUT2D eigenvalue weighted by Gasteiger charge is 2.24. The van der Waals surface area contributed by atoms with Crippen molar-refractivity contribution in [1.82, 2.24) is 14.8 Å². The smallest absolute Gasteiger partial charge is 0.265 e. The van der Waals surface area contributed by atoms with Crippen molar-refractivity contribution in [1.29, 1.82) is 0 Å². The average Bonchev–Trinajstić information content (AvgIpc) is 3.23. The minimum absolute atomic E-state index is 0.0139. The molecule has 0 amide bonds. The molecule has 0 spiro atoms. The van der Waals surface area contributed by atoms with E-state index in [1.165, 1.54) is 18.2 Å². The molecule has 4 aromatic rings. The summed E-state index contributed by atoms with van der Waals surface area (Å²) in [6, 6.07) is 9.61. The minimum atomic E-state index is -4.60. The molecule has 2 aromatic carbocycles. The van der Waals surface area contributed by atoms with Gasteiger partial charge in [-0.3, -0.25) is 14.4 Å². The quantitative estimate of drug-likeness (QED) is 0.407. The summed E-state index contributed by atoms with van der Waals surface area (Å²) >= 11 is 0. The molecule has 33 heavy (non-hydrogen) atoms. The Morgan fingerprint density at radius 2 is 1.70 bits per heavy atom. The Morgan fingerprint density at radius 3 is 2.39 bits per heavy atom. The summed E-state index contributed by atoms with van der Waals surface area (Å²) in [5.74, 6) is -2.99. The van der Waals surface area contributed by atoms with Gasteiger partial charge in [-0.15, -0.1) is 0 Å². The molecule has 170 valence electrons. The predicted octanol–water partition coefficient (Wildman–Crippen LogP) is 5.41. The maximum absolute atomic E-state index is 15.5. The van der Waals surface area contributed by atoms with Gasteiger partial charge in [-0.1, -0.05) is 6.07 Å². The van der Waals surface area contributed by atoms with E-state index in [0.29, 0.717) is 23.4 Å². The third kappa shape index (κ3) is 4.47. The van der Waals surface area contributed by atoms with Gasteiger partial charge < -0.3 is 0 Å². The number of halogens is 3. The molecule has 0 bridgehead atoms. The zero-order chi connectivity index (χ0) is 23.8. The molecule has 0 radical (unpaired) electrons. The van der Waals surface area contributed by atoms with Crippen LogP contribution in [-0.4, -0.2) is 23.2 Å². The van der Waals surface area contributed by atoms with Gasteiger partial charge in [0.2, 0.25) is 0 Å². The summed E-state index contributed by atoms with van der Waals surface area (Å²) in [4.78, 5) is 3.07. The monoisotopic (exact) mass is 472 g/mol. The summed E-state index contributed by atoms with van der Waals surface area (Å²) in [6.45, 7) is 3.84. The van der Waals surface area contributed by atoms with Crippen LogP contribution in [0.5, 0.6) is 0 Å². The van der Waals surface area contributed by atoms with E-state index in [1.807, 2.05) is 18.6 Å². The Kier molecular flexibility index (Phi) is 5.94. The highest BCUT2D eigenvalue weighted by atomic mass is 32.2. The summed E-state index contributed by atoms with van der Waals surface area (Å²) < 4.78 is 72.1. The van der Waals surface area contributed by atoms with Gasteiger partial charge in [-0.25, -0.2) is 21.6 Å². The summed E-state index contributed by atoms with van der Waals surface area (Å²) in [5, 5.41) is 4.51. The largest absolute Gasteiger partial charge is 0.277 e. The number of pyridine rings is 1. The van der Waals surface area contributed by atoms with Crippen molar-refractivity contribution in [2.45, 2.75) is 24.8 Å². The first-order valence-electron chi connectivity index (χ1n) is 9.93. The fraction of sp³-hybridized carbons (Fsp3) is 0.130. The van der Waals surface area contributed by atoms with Gasteiger partial charge in [-0.2, -0.15) is 5.10 Å². The summed E-state index contributed by atoms with van der Waals surface area (Å²) in [6.07, 6.45) is 4.97. The molecule has 0 aliphatic rings. The van der Waals surface area contributed by atoms with E-state index in [0.717, 1.165) is 11.6 Å². The number of nitrogens with zero attached hydrogens (tertiary/aromatic N) is 3. The summed E-state index contributed by atoms with van der Waals surface area (Å²) in [7, 11) is -4.60. The van der Waals surface area contributed by atoms with Crippen LogP contribution in [0.25, 0.3) is 22.4 Å². The first-order chi connectivity index (χ1) is 15.7. The third-order valence-corrected chi connectivity index (χ3v) is 6.31. The Balaban J connectivity index is 1.81. The van der Waals surface area contributed by atoms with Crippen LogP contribution < -0.4 is 4.72 Å². The van der Waals surface area contributed by atoms with Crippen LogP contribution in [0, 0.1) is 17.5 Å². The number of benzene rings is 2. The first kappa shape index (κ1) is 22.5. The molecule has 2 heterocycles. The Bertz CT molecular complexity index is 1420. The molecule has 0 saturated heterocycles. The molecule has 0 saturated carbocycles. The van der Waals surface area contributed by atoms with Crippen molar-refractivity contribution < 1.29 is 21.6 Å². The highest BCUT2D eigenvalue weighted by Crippen LogP contribution is 2.35. The fourth-order valence-electron chi connectivity index (χ4n) is 3.27. The van der Waals surface area contributed by atoms with Crippen LogP contribution in [0.1, 0.15) is 19.9 Å². The second kappa shape index (κ2) is 8.70. The zero-order valence-electron chi connectivity index (χ0n) is 17.6. The van der Waals surface area contributed by atoms with Crippen molar-refractivity contribution >= 4 is 15.7 Å². The van der Waals surface area contributed by atoms with Gasteiger partial charge in [0.1, 0.15) is 22.2 Å². The van der Waals surface area contributed by atoms with E-state index in [4.69, 9.17) is 0 Å². The van der Waals surface area contributed by atoms with E-state index < -0.39 is 38.1 Å². The number of hydrogen-bond donors (Lipinski definition) is 1. The molecular formula is C23H19F3N4O2S. The van der Waals surface area contributed by atoms with E-state index in [1.54, 1.807) is 35.4 Å². The Morgan fingerprint density at radius 1 is 0.970 bits per heavy atom. The molecule has 0 unspecified atom stereocenters. The van der Waals surface area contributed by atoms with Gasteiger partial charge >= 0.3 is 0 Å². The van der Waals surface area contributed by atoms with Crippen molar-refractivity contribution in [3.63, 3.8) is 0 Å². The lowest BCUT2D eigenvalue weighted by Crippen LogP contribution is -2.16. The van der Waals surface area contributed by atoms with Crippen LogP contribution in [0.4, 0.5) is 18.9 Å². The minimum Gasteiger partial charge on any atom is -0.277 e. The van der Waals surface area contributed by atoms with E-state index in [2.05, 4.69) is 10.1 Å². The van der Waals surface area contributed by atoms with E-state index >= 15 is 4.39 Å². The zero-order valence-corrected chi connectivity index (χ0v) is 18.4. The molecule has 1 N–H and O–H groups in total. The van der Waals surface area contributed by atoms with Crippen molar-refractivity contribution in [3.8, 4) is 22.4 Å². The molecule has 4 rings (SSSR count). The first-order valence-corrected chi connectivity index (χ1v) is 11.4. The molecule has 2 aromatic heterocycles. The van der Waals surface area contributed by atoms with Crippen LogP contribution in [0.15, 0.2) is 72.0 Å². The molecule has 0 atom stereocenters. The highest BCUT2D eigenvalue weighted by molar-refractivity contribution is 7.92. The fourth-order valence-corrected chi connectivity index (χ4v) is 4.42. The Labute approximate surface area is 188 Å². The number of hydrogen-bond acceptors (Lipinski definition) is 4. The van der Waals surface area contributed by atoms with Crippen LogP contribution in [-0.2, 0) is 10.0 Å². The van der Waals surface area contributed by atoms with Crippen LogP contribution in [0.2, 0.25) is 0 Å². The SMILES string of the molecule is CC(C)n1cc(-c2ccncc2)c(-c2cccc(NS(=O)(=O)c3cc(F)ccc3F)c2F)n1. The number of anilines is 1. The van der Waals surface area contributed by atoms with Crippen molar-refractivity contribution in [3.05, 3.63) is 84.6 Å². The topological polar surface area (TPSA) is 76.9 Å². The standard InChI is InChI=1S/C23H19F3N4O2S/c1-14(2)30-13-18(15-8-10-27-11-9-15)23(28-30)17-4-3-5-20(22(17)26)29-33(31,32)21-12-16(24)6-7-19(21)25/h3-14,29H,1-2H3. The number of nitrogens with one attached hydrogen (secondary N) is 1. The lowest BCUT2D eigenvalue weighted by atomic mass is 10.0. The lowest BCUT2D eigenvalue weighted by Gasteiger charge is -2.12. The van der Waals surface area contributed by atoms with Gasteiger partial charge in [0.25, 0.3) is 10.0 Å². The molecular weight excluding hydrogens is 453 g/mol. The van der Waals surface area contributed by atoms with Crippen molar-refractivity contribution in [2.75, 3.05) is 4.72 Å². The molecule has 6 nitrogen and oxygen atoms in total. The number of aromatic nitrogens is 3. The molecule has 10 heteroatoms. The number of rotatable bonds is 6.